The number of hydrogen-bond donors (Lipinski definition) is 0. The van der Waals surface area contributed by atoms with Crippen LogP contribution in [-0.2, 0) is 0 Å². The fourth-order valence-corrected chi connectivity index (χ4v) is 1.63. The predicted octanol–water partition coefficient (Wildman–Crippen LogP) is 2.52. The van der Waals surface area contributed by atoms with E-state index >= 15 is 0 Å². The molecular weight excluding hydrogens is 244 g/mol. The second-order valence-electron chi connectivity index (χ2n) is 4.30. The number of ketones is 1. The Bertz CT molecular complexity index is 638. The van der Waals surface area contributed by atoms with E-state index in [4.69, 9.17) is 9.15 Å². The summed E-state index contributed by atoms with van der Waals surface area (Å²) in [5.74, 6) is 0.658. The van der Waals surface area contributed by atoms with Gasteiger partial charge in [-0.25, -0.2) is 4.79 Å². The molecule has 4 nitrogen and oxygen atoms in total. The summed E-state index contributed by atoms with van der Waals surface area (Å²) in [6, 6.07) is 10.0. The Balaban J connectivity index is 2.04. The summed E-state index contributed by atoms with van der Waals surface area (Å²) in [5, 5.41) is 0. The van der Waals surface area contributed by atoms with E-state index in [1.807, 2.05) is 19.1 Å². The number of rotatable bonds is 4. The summed E-state index contributed by atoms with van der Waals surface area (Å²) >= 11 is 0. The Labute approximate surface area is 110 Å². The molecule has 1 aromatic heterocycles. The van der Waals surface area contributed by atoms with Gasteiger partial charge in [0.05, 0.1) is 6.07 Å². The number of hydrogen-bond acceptors (Lipinski definition) is 4. The van der Waals surface area contributed by atoms with E-state index < -0.39 is 5.63 Å². The fourth-order valence-electron chi connectivity index (χ4n) is 1.63. The van der Waals surface area contributed by atoms with Gasteiger partial charge in [-0.05, 0) is 13.8 Å². The van der Waals surface area contributed by atoms with E-state index in [1.165, 1.54) is 6.07 Å². The van der Waals surface area contributed by atoms with E-state index in [1.54, 1.807) is 25.1 Å². The van der Waals surface area contributed by atoms with Gasteiger partial charge in [0.25, 0.3) is 0 Å². The van der Waals surface area contributed by atoms with Gasteiger partial charge in [-0.1, -0.05) is 29.8 Å². The molecule has 1 aromatic carbocycles. The largest absolute Gasteiger partial charge is 0.485 e. The Kier molecular flexibility index (Phi) is 3.80. The third-order valence-corrected chi connectivity index (χ3v) is 2.61. The lowest BCUT2D eigenvalue weighted by atomic mass is 10.1. The number of aryl methyl sites for hydroxylation is 2. The Morgan fingerprint density at radius 2 is 1.84 bits per heavy atom. The van der Waals surface area contributed by atoms with Crippen molar-refractivity contribution in [3.05, 3.63) is 63.7 Å². The number of benzene rings is 1. The molecule has 0 atom stereocenters. The van der Waals surface area contributed by atoms with Crippen LogP contribution in [0.5, 0.6) is 5.75 Å². The number of carbonyl (C=O) groups is 1. The van der Waals surface area contributed by atoms with Crippen molar-refractivity contribution < 1.29 is 13.9 Å². The molecule has 0 N–H and O–H groups in total. The van der Waals surface area contributed by atoms with Crippen LogP contribution >= 0.6 is 0 Å². The van der Waals surface area contributed by atoms with Gasteiger partial charge in [-0.15, -0.1) is 0 Å². The smallest absolute Gasteiger partial charge is 0.339 e. The summed E-state index contributed by atoms with van der Waals surface area (Å²) in [5.41, 5.74) is 1.19. The maximum absolute atomic E-state index is 11.9. The molecule has 0 bridgehead atoms. The van der Waals surface area contributed by atoms with E-state index in [0.717, 1.165) is 5.56 Å². The first kappa shape index (κ1) is 13.1. The van der Waals surface area contributed by atoms with Crippen molar-refractivity contribution in [2.24, 2.45) is 0 Å². The van der Waals surface area contributed by atoms with Crippen LogP contribution in [0.15, 0.2) is 45.6 Å². The highest BCUT2D eigenvalue weighted by Crippen LogP contribution is 2.10. The van der Waals surface area contributed by atoms with Crippen molar-refractivity contribution in [1.82, 2.24) is 0 Å². The first-order chi connectivity index (χ1) is 9.04. The van der Waals surface area contributed by atoms with Gasteiger partial charge in [-0.2, -0.15) is 0 Å². The zero-order valence-electron chi connectivity index (χ0n) is 10.8. The third-order valence-electron chi connectivity index (χ3n) is 2.61. The first-order valence-electron chi connectivity index (χ1n) is 5.89. The molecule has 2 rings (SSSR count). The maximum atomic E-state index is 11.9. The van der Waals surface area contributed by atoms with Crippen molar-refractivity contribution in [3.8, 4) is 5.75 Å². The van der Waals surface area contributed by atoms with Crippen LogP contribution in [0.25, 0.3) is 0 Å². The molecule has 0 saturated carbocycles. The van der Waals surface area contributed by atoms with Crippen LogP contribution in [0.4, 0.5) is 0 Å². The second-order valence-corrected chi connectivity index (χ2v) is 4.30. The molecule has 98 valence electrons. The Morgan fingerprint density at radius 1 is 1.16 bits per heavy atom. The highest BCUT2D eigenvalue weighted by atomic mass is 16.5. The van der Waals surface area contributed by atoms with Crippen molar-refractivity contribution in [1.29, 1.82) is 0 Å². The average molecular weight is 258 g/mol. The van der Waals surface area contributed by atoms with E-state index in [2.05, 4.69) is 0 Å². The zero-order valence-corrected chi connectivity index (χ0v) is 10.8. The number of ether oxygens (including phenoxy) is 1. The normalized spacial score (nSPS) is 10.2. The van der Waals surface area contributed by atoms with Crippen LogP contribution in [0.3, 0.4) is 0 Å². The number of carbonyl (C=O) groups excluding carboxylic acids is 1. The van der Waals surface area contributed by atoms with Gasteiger partial charge >= 0.3 is 5.63 Å². The highest BCUT2D eigenvalue weighted by molar-refractivity contribution is 5.97. The maximum Gasteiger partial charge on any atom is 0.339 e. The summed E-state index contributed by atoms with van der Waals surface area (Å²) in [4.78, 5) is 23.0. The quantitative estimate of drug-likeness (QED) is 0.791. The lowest BCUT2D eigenvalue weighted by Crippen LogP contribution is -2.12. The summed E-state index contributed by atoms with van der Waals surface area (Å²) in [7, 11) is 0. The van der Waals surface area contributed by atoms with Crippen molar-refractivity contribution >= 4 is 5.78 Å². The molecule has 0 fully saturated rings. The minimum Gasteiger partial charge on any atom is -0.485 e. The molecule has 4 heteroatoms. The van der Waals surface area contributed by atoms with Crippen LogP contribution in [-0.4, -0.2) is 12.4 Å². The first-order valence-corrected chi connectivity index (χ1v) is 5.89. The second kappa shape index (κ2) is 5.52. The molecule has 0 aliphatic rings. The van der Waals surface area contributed by atoms with Crippen molar-refractivity contribution in [2.45, 2.75) is 13.8 Å². The van der Waals surface area contributed by atoms with Gasteiger partial charge in [0.15, 0.2) is 12.4 Å². The van der Waals surface area contributed by atoms with Crippen LogP contribution < -0.4 is 10.4 Å². The Hall–Kier alpha value is -2.36. The monoisotopic (exact) mass is 258 g/mol. The third kappa shape index (κ3) is 3.55. The molecule has 0 spiro atoms. The summed E-state index contributed by atoms with van der Waals surface area (Å²) in [6.07, 6.45) is 0. The molecule has 0 amide bonds. The van der Waals surface area contributed by atoms with Gasteiger partial charge < -0.3 is 9.15 Å². The molecule has 1 heterocycles. The summed E-state index contributed by atoms with van der Waals surface area (Å²) in [6.45, 7) is 3.50. The van der Waals surface area contributed by atoms with Crippen LogP contribution in [0.2, 0.25) is 0 Å². The van der Waals surface area contributed by atoms with E-state index in [0.29, 0.717) is 17.1 Å². The van der Waals surface area contributed by atoms with Crippen molar-refractivity contribution in [2.75, 3.05) is 6.61 Å². The minimum absolute atomic E-state index is 0.105. The van der Waals surface area contributed by atoms with Gasteiger partial charge in [0.2, 0.25) is 0 Å². The molecule has 0 aliphatic carbocycles. The molecule has 0 unspecified atom stereocenters. The minimum atomic E-state index is -0.488. The average Bonchev–Trinajstić information content (AvgIpc) is 2.36. The molecule has 0 radical (unpaired) electrons. The van der Waals surface area contributed by atoms with E-state index in [-0.39, 0.29) is 12.4 Å². The standard InChI is InChI=1S/C15H14O4/c1-10-3-5-12(6-4-10)14(16)9-18-13-7-11(2)19-15(17)8-13/h3-8H,9H2,1-2H3. The van der Waals surface area contributed by atoms with Crippen LogP contribution in [0, 0.1) is 13.8 Å². The lowest BCUT2D eigenvalue weighted by Gasteiger charge is -2.05. The molecule has 2 aromatic rings. The zero-order chi connectivity index (χ0) is 13.8. The molecule has 19 heavy (non-hydrogen) atoms. The molecule has 0 saturated heterocycles. The molecular formula is C15H14O4. The highest BCUT2D eigenvalue weighted by Gasteiger charge is 2.07. The SMILES string of the molecule is Cc1ccc(C(=O)COc2cc(C)oc(=O)c2)cc1. The topological polar surface area (TPSA) is 56.5 Å². The molecule has 0 aliphatic heterocycles. The number of Topliss-reactive ketones (excluding diaryl/α,β-unsaturated/α-hetero) is 1. The Morgan fingerprint density at radius 3 is 2.47 bits per heavy atom. The van der Waals surface area contributed by atoms with Gasteiger partial charge in [0, 0.05) is 11.6 Å². The van der Waals surface area contributed by atoms with E-state index in [9.17, 15) is 9.59 Å². The predicted molar refractivity (Wildman–Crippen MR) is 70.7 cm³/mol. The summed E-state index contributed by atoms with van der Waals surface area (Å²) < 4.78 is 10.1. The van der Waals surface area contributed by atoms with Crippen LogP contribution in [0.1, 0.15) is 21.7 Å². The fraction of sp³-hybridized carbons (Fsp3) is 0.200. The van der Waals surface area contributed by atoms with Gasteiger partial charge in [0.1, 0.15) is 11.5 Å². The van der Waals surface area contributed by atoms with Gasteiger partial charge in [-0.3, -0.25) is 4.79 Å². The lowest BCUT2D eigenvalue weighted by molar-refractivity contribution is 0.0920. The van der Waals surface area contributed by atoms with Crippen molar-refractivity contribution in [3.63, 3.8) is 0 Å².